The number of anilines is 1. The van der Waals surface area contributed by atoms with E-state index in [1.807, 2.05) is 43.3 Å². The maximum Gasteiger partial charge on any atom is 0.303 e. The van der Waals surface area contributed by atoms with Gasteiger partial charge in [0.25, 0.3) is 0 Å². The summed E-state index contributed by atoms with van der Waals surface area (Å²) in [6.07, 6.45) is 0.346. The van der Waals surface area contributed by atoms with Crippen LogP contribution in [0, 0.1) is 6.92 Å². The number of hydrogen-bond acceptors (Lipinski definition) is 4. The van der Waals surface area contributed by atoms with Gasteiger partial charge in [-0.1, -0.05) is 42.0 Å². The van der Waals surface area contributed by atoms with Crippen molar-refractivity contribution in [2.45, 2.75) is 46.1 Å². The minimum absolute atomic E-state index is 0.0615. The Morgan fingerprint density at radius 1 is 1.03 bits per heavy atom. The fourth-order valence-corrected chi connectivity index (χ4v) is 3.74. The summed E-state index contributed by atoms with van der Waals surface area (Å²) < 4.78 is 0. The zero-order valence-corrected chi connectivity index (χ0v) is 17.8. The zero-order chi connectivity index (χ0) is 21.7. The van der Waals surface area contributed by atoms with Crippen molar-refractivity contribution in [1.29, 1.82) is 0 Å². The normalized spacial score (nSPS) is 15.8. The van der Waals surface area contributed by atoms with Gasteiger partial charge < -0.3 is 10.0 Å². The molecule has 0 aliphatic carbocycles. The highest BCUT2D eigenvalue weighted by atomic mass is 16.4. The van der Waals surface area contributed by atoms with Gasteiger partial charge >= 0.3 is 5.97 Å². The smallest absolute Gasteiger partial charge is 0.303 e. The molecule has 6 heteroatoms. The number of rotatable bonds is 8. The van der Waals surface area contributed by atoms with E-state index in [0.29, 0.717) is 6.42 Å². The first-order chi connectivity index (χ1) is 14.4. The van der Waals surface area contributed by atoms with Gasteiger partial charge in [-0.25, -0.2) is 5.01 Å². The van der Waals surface area contributed by atoms with Crippen LogP contribution in [0.15, 0.2) is 53.6 Å². The molecule has 1 N–H and O–H groups in total. The number of nitrogens with zero attached hydrogens (tertiary/aromatic N) is 3. The third-order valence-corrected chi connectivity index (χ3v) is 5.51. The molecule has 30 heavy (non-hydrogen) atoms. The largest absolute Gasteiger partial charge is 0.481 e. The lowest BCUT2D eigenvalue weighted by Gasteiger charge is -2.24. The topological polar surface area (TPSA) is 73.2 Å². The van der Waals surface area contributed by atoms with Gasteiger partial charge in [0.2, 0.25) is 5.91 Å². The summed E-state index contributed by atoms with van der Waals surface area (Å²) in [6, 6.07) is 16.1. The van der Waals surface area contributed by atoms with Gasteiger partial charge in [0.1, 0.15) is 0 Å². The number of aliphatic carboxylic acids is 1. The molecule has 1 aliphatic rings. The molecule has 1 amide bonds. The van der Waals surface area contributed by atoms with Crippen molar-refractivity contribution < 1.29 is 14.7 Å². The van der Waals surface area contributed by atoms with Crippen LogP contribution in [0.4, 0.5) is 5.69 Å². The predicted octanol–water partition coefficient (Wildman–Crippen LogP) is 4.38. The second-order valence-corrected chi connectivity index (χ2v) is 7.53. The van der Waals surface area contributed by atoms with Gasteiger partial charge in [-0.15, -0.1) is 0 Å². The lowest BCUT2D eigenvalue weighted by molar-refractivity contribution is -0.141. The number of carboxylic acid groups (broad SMARTS) is 1. The maximum atomic E-state index is 12.8. The van der Waals surface area contributed by atoms with Crippen LogP contribution >= 0.6 is 0 Å². The molecule has 1 heterocycles. The number of carbonyl (C=O) groups excluding carboxylic acids is 1. The number of amides is 1. The third-order valence-electron chi connectivity index (χ3n) is 5.51. The number of carbonyl (C=O) groups is 2. The predicted molar refractivity (Wildman–Crippen MR) is 119 cm³/mol. The average Bonchev–Trinajstić information content (AvgIpc) is 3.19. The number of hydrogen-bond donors (Lipinski definition) is 1. The van der Waals surface area contributed by atoms with Gasteiger partial charge in [-0.2, -0.15) is 5.10 Å². The monoisotopic (exact) mass is 407 g/mol. The van der Waals surface area contributed by atoms with Gasteiger partial charge in [-0.05, 0) is 44.0 Å². The standard InChI is InChI=1S/C24H29N3O3/c1-4-26(5-2)20-12-10-19(11-13-20)22-16-21(18-8-6-17(3)7-9-18)25-27(22)23(28)14-15-24(29)30/h6-13,22H,4-5,14-16H2,1-3H3,(H,29,30)/t22-/m1/s1. The van der Waals surface area contributed by atoms with Gasteiger partial charge in [0.05, 0.1) is 18.2 Å². The first kappa shape index (κ1) is 21.6. The van der Waals surface area contributed by atoms with Crippen LogP contribution in [0.2, 0.25) is 0 Å². The van der Waals surface area contributed by atoms with Crippen LogP contribution in [0.3, 0.4) is 0 Å². The fourth-order valence-electron chi connectivity index (χ4n) is 3.74. The quantitative estimate of drug-likeness (QED) is 0.705. The van der Waals surface area contributed by atoms with Crippen LogP contribution < -0.4 is 4.90 Å². The summed E-state index contributed by atoms with van der Waals surface area (Å²) >= 11 is 0. The van der Waals surface area contributed by atoms with E-state index in [1.54, 1.807) is 0 Å². The number of carboxylic acids is 1. The molecule has 2 aromatic carbocycles. The van der Waals surface area contributed by atoms with Crippen molar-refractivity contribution in [2.24, 2.45) is 5.10 Å². The Hall–Kier alpha value is -3.15. The lowest BCUT2D eigenvalue weighted by atomic mass is 9.97. The lowest BCUT2D eigenvalue weighted by Crippen LogP contribution is -2.27. The van der Waals surface area contributed by atoms with Crippen molar-refractivity contribution in [3.8, 4) is 0 Å². The summed E-state index contributed by atoms with van der Waals surface area (Å²) in [5, 5.41) is 15.0. The molecule has 0 fully saturated rings. The Balaban J connectivity index is 1.88. The molecule has 2 aromatic rings. The second-order valence-electron chi connectivity index (χ2n) is 7.53. The van der Waals surface area contributed by atoms with Crippen LogP contribution in [-0.4, -0.2) is 40.8 Å². The van der Waals surface area contributed by atoms with Crippen LogP contribution in [0.25, 0.3) is 0 Å². The molecule has 1 atom stereocenters. The Bertz CT molecular complexity index is 916. The molecule has 0 saturated carbocycles. The Labute approximate surface area is 177 Å². The molecule has 6 nitrogen and oxygen atoms in total. The summed E-state index contributed by atoms with van der Waals surface area (Å²) in [4.78, 5) is 26.0. The number of benzene rings is 2. The highest BCUT2D eigenvalue weighted by Crippen LogP contribution is 2.34. The minimum Gasteiger partial charge on any atom is -0.481 e. The summed E-state index contributed by atoms with van der Waals surface area (Å²) in [5.41, 5.74) is 5.14. The SMILES string of the molecule is CCN(CC)c1ccc([C@H]2CC(c3ccc(C)cc3)=NN2C(=O)CCC(=O)O)cc1. The van der Waals surface area contributed by atoms with Crippen LogP contribution in [-0.2, 0) is 9.59 Å². The second kappa shape index (κ2) is 9.57. The molecule has 0 saturated heterocycles. The Kier molecular flexibility index (Phi) is 6.87. The third kappa shape index (κ3) is 4.87. The minimum atomic E-state index is -0.981. The molecule has 0 radical (unpaired) electrons. The first-order valence-corrected chi connectivity index (χ1v) is 10.5. The first-order valence-electron chi connectivity index (χ1n) is 10.5. The zero-order valence-electron chi connectivity index (χ0n) is 17.8. The van der Waals surface area contributed by atoms with E-state index in [4.69, 9.17) is 5.11 Å². The van der Waals surface area contributed by atoms with E-state index in [1.165, 1.54) is 5.01 Å². The highest BCUT2D eigenvalue weighted by Gasteiger charge is 2.33. The molecule has 0 bridgehead atoms. The maximum absolute atomic E-state index is 12.8. The van der Waals surface area contributed by atoms with Crippen molar-refractivity contribution in [2.75, 3.05) is 18.0 Å². The van der Waals surface area contributed by atoms with E-state index in [2.05, 4.69) is 36.0 Å². The summed E-state index contributed by atoms with van der Waals surface area (Å²) in [5.74, 6) is -1.25. The molecule has 3 rings (SSSR count). The number of hydrazone groups is 1. The molecule has 0 aromatic heterocycles. The van der Waals surface area contributed by atoms with E-state index in [0.717, 1.165) is 41.2 Å². The molecule has 0 unspecified atom stereocenters. The molecule has 158 valence electrons. The van der Waals surface area contributed by atoms with Crippen molar-refractivity contribution in [3.63, 3.8) is 0 Å². The molecular weight excluding hydrogens is 378 g/mol. The summed E-state index contributed by atoms with van der Waals surface area (Å²) in [7, 11) is 0. The molecule has 1 aliphatic heterocycles. The van der Waals surface area contributed by atoms with Crippen LogP contribution in [0.1, 0.15) is 55.8 Å². The van der Waals surface area contributed by atoms with Crippen molar-refractivity contribution >= 4 is 23.3 Å². The van der Waals surface area contributed by atoms with E-state index >= 15 is 0 Å². The van der Waals surface area contributed by atoms with Gasteiger partial charge in [-0.3, -0.25) is 9.59 Å². The molecular formula is C24H29N3O3. The molecule has 0 spiro atoms. The van der Waals surface area contributed by atoms with E-state index in [9.17, 15) is 9.59 Å². The number of aryl methyl sites for hydroxylation is 1. The van der Waals surface area contributed by atoms with Crippen LogP contribution in [0.5, 0.6) is 0 Å². The van der Waals surface area contributed by atoms with E-state index < -0.39 is 5.97 Å². The van der Waals surface area contributed by atoms with Crippen molar-refractivity contribution in [3.05, 3.63) is 65.2 Å². The average molecular weight is 408 g/mol. The fraction of sp³-hybridized carbons (Fsp3) is 0.375. The van der Waals surface area contributed by atoms with Crippen molar-refractivity contribution in [1.82, 2.24) is 5.01 Å². The summed E-state index contributed by atoms with van der Waals surface area (Å²) in [6.45, 7) is 8.14. The Morgan fingerprint density at radius 3 is 2.23 bits per heavy atom. The van der Waals surface area contributed by atoms with E-state index in [-0.39, 0.29) is 24.8 Å². The van der Waals surface area contributed by atoms with Gasteiger partial charge in [0.15, 0.2) is 0 Å². The Morgan fingerprint density at radius 2 is 1.67 bits per heavy atom. The van der Waals surface area contributed by atoms with Gasteiger partial charge in [0, 0.05) is 31.6 Å². The highest BCUT2D eigenvalue weighted by molar-refractivity contribution is 6.03.